The lowest BCUT2D eigenvalue weighted by atomic mass is 10.1. The first-order valence-electron chi connectivity index (χ1n) is 7.79. The number of ether oxygens (including phenoxy) is 2. The molecule has 1 heterocycles. The van der Waals surface area contributed by atoms with Gasteiger partial charge < -0.3 is 15.2 Å². The van der Waals surface area contributed by atoms with Crippen LogP contribution < -0.4 is 15.2 Å². The highest BCUT2D eigenvalue weighted by Crippen LogP contribution is 2.33. The molecule has 5 heteroatoms. The first-order chi connectivity index (χ1) is 12.3. The Bertz CT molecular complexity index is 1020. The van der Waals surface area contributed by atoms with Gasteiger partial charge in [-0.1, -0.05) is 48.5 Å². The Balaban J connectivity index is 1.62. The van der Waals surface area contributed by atoms with Crippen molar-refractivity contribution < 1.29 is 9.47 Å². The van der Waals surface area contributed by atoms with E-state index < -0.39 is 0 Å². The molecule has 2 N–H and O–H groups in total. The lowest BCUT2D eigenvalue weighted by Gasteiger charge is -2.11. The van der Waals surface area contributed by atoms with Gasteiger partial charge in [0.2, 0.25) is 11.8 Å². The number of fused-ring (bicyclic) bond motifs is 1. The van der Waals surface area contributed by atoms with Crippen LogP contribution in [0.2, 0.25) is 0 Å². The average Bonchev–Trinajstić information content (AvgIpc) is 2.66. The van der Waals surface area contributed by atoms with E-state index in [1.54, 1.807) is 0 Å². The fraction of sp³-hybridized carbons (Fsp3) is 0. The molecule has 1 aromatic heterocycles. The Labute approximate surface area is 144 Å². The van der Waals surface area contributed by atoms with Crippen molar-refractivity contribution in [1.29, 1.82) is 0 Å². The van der Waals surface area contributed by atoms with Crippen LogP contribution in [0.3, 0.4) is 0 Å². The molecule has 0 radical (unpaired) electrons. The lowest BCUT2D eigenvalue weighted by Crippen LogP contribution is -2.00. The summed E-state index contributed by atoms with van der Waals surface area (Å²) >= 11 is 0. The first kappa shape index (κ1) is 15.0. The van der Waals surface area contributed by atoms with Gasteiger partial charge in [0.15, 0.2) is 5.69 Å². The molecule has 0 aliphatic carbocycles. The third-order valence-electron chi connectivity index (χ3n) is 3.70. The minimum atomic E-state index is 0.250. The summed E-state index contributed by atoms with van der Waals surface area (Å²) < 4.78 is 11.5. The van der Waals surface area contributed by atoms with Gasteiger partial charge in [-0.2, -0.15) is 9.97 Å². The van der Waals surface area contributed by atoms with E-state index in [2.05, 4.69) is 9.97 Å². The van der Waals surface area contributed by atoms with E-state index in [9.17, 15) is 0 Å². The maximum absolute atomic E-state index is 6.12. The second-order valence-corrected chi connectivity index (χ2v) is 5.42. The molecule has 0 bridgehead atoms. The monoisotopic (exact) mass is 329 g/mol. The Morgan fingerprint density at radius 3 is 2.04 bits per heavy atom. The molecule has 0 fully saturated rings. The van der Waals surface area contributed by atoms with Crippen LogP contribution in [0, 0.1) is 0 Å². The SMILES string of the molecule is Nc1c(Oc2ccccc2)ncnc1Oc1ccc2ccccc2c1. The maximum atomic E-state index is 6.12. The topological polar surface area (TPSA) is 70.3 Å². The fourth-order valence-electron chi connectivity index (χ4n) is 2.47. The zero-order valence-electron chi connectivity index (χ0n) is 13.3. The summed E-state index contributed by atoms with van der Waals surface area (Å²) in [5.74, 6) is 1.81. The number of rotatable bonds is 4. The molecule has 0 spiro atoms. The highest BCUT2D eigenvalue weighted by Gasteiger charge is 2.12. The van der Waals surface area contributed by atoms with Gasteiger partial charge in [-0.05, 0) is 35.0 Å². The van der Waals surface area contributed by atoms with Crippen LogP contribution >= 0.6 is 0 Å². The minimum Gasteiger partial charge on any atom is -0.437 e. The van der Waals surface area contributed by atoms with Crippen LogP contribution in [-0.2, 0) is 0 Å². The Kier molecular flexibility index (Phi) is 3.88. The van der Waals surface area contributed by atoms with E-state index in [0.717, 1.165) is 10.8 Å². The van der Waals surface area contributed by atoms with Gasteiger partial charge in [0.05, 0.1) is 0 Å². The zero-order chi connectivity index (χ0) is 17.1. The van der Waals surface area contributed by atoms with Crippen LogP contribution in [0.15, 0.2) is 79.1 Å². The number of hydrogen-bond donors (Lipinski definition) is 1. The van der Waals surface area contributed by atoms with Crippen molar-refractivity contribution in [3.8, 4) is 23.3 Å². The highest BCUT2D eigenvalue weighted by atomic mass is 16.5. The van der Waals surface area contributed by atoms with E-state index in [-0.39, 0.29) is 17.4 Å². The standard InChI is InChI=1S/C20H15N3O2/c21-18-19(24-16-8-2-1-3-9-16)22-13-23-20(18)25-17-11-10-14-6-4-5-7-15(14)12-17/h1-13H,21H2. The van der Waals surface area contributed by atoms with Crippen molar-refractivity contribution in [3.63, 3.8) is 0 Å². The lowest BCUT2D eigenvalue weighted by molar-refractivity contribution is 0.438. The number of hydrogen-bond acceptors (Lipinski definition) is 5. The average molecular weight is 329 g/mol. The van der Waals surface area contributed by atoms with Gasteiger partial charge in [-0.25, -0.2) is 0 Å². The molecule has 0 saturated carbocycles. The summed E-state index contributed by atoms with van der Waals surface area (Å²) in [4.78, 5) is 8.21. The molecule has 0 amide bonds. The van der Waals surface area contributed by atoms with Gasteiger partial charge in [-0.3, -0.25) is 0 Å². The smallest absolute Gasteiger partial charge is 0.249 e. The molecule has 3 aromatic carbocycles. The first-order valence-corrected chi connectivity index (χ1v) is 7.79. The van der Waals surface area contributed by atoms with Crippen molar-refractivity contribution >= 4 is 16.5 Å². The summed E-state index contributed by atoms with van der Waals surface area (Å²) in [7, 11) is 0. The minimum absolute atomic E-state index is 0.250. The third kappa shape index (κ3) is 3.21. The van der Waals surface area contributed by atoms with Crippen molar-refractivity contribution in [1.82, 2.24) is 9.97 Å². The molecule has 0 atom stereocenters. The molecule has 0 unspecified atom stereocenters. The van der Waals surface area contributed by atoms with Crippen molar-refractivity contribution in [3.05, 3.63) is 79.1 Å². The number of para-hydroxylation sites is 1. The molecule has 0 aliphatic rings. The van der Waals surface area contributed by atoms with Crippen molar-refractivity contribution in [2.45, 2.75) is 0 Å². The van der Waals surface area contributed by atoms with Crippen molar-refractivity contribution in [2.24, 2.45) is 0 Å². The second-order valence-electron chi connectivity index (χ2n) is 5.42. The van der Waals surface area contributed by atoms with Gasteiger partial charge in [0, 0.05) is 0 Å². The van der Waals surface area contributed by atoms with Crippen LogP contribution in [0.4, 0.5) is 5.69 Å². The van der Waals surface area contributed by atoms with E-state index in [1.807, 2.05) is 72.8 Å². The predicted octanol–water partition coefficient (Wildman–Crippen LogP) is 4.80. The molecule has 122 valence electrons. The number of benzene rings is 3. The zero-order valence-corrected chi connectivity index (χ0v) is 13.3. The Morgan fingerprint density at radius 2 is 1.28 bits per heavy atom. The normalized spacial score (nSPS) is 10.6. The molecular weight excluding hydrogens is 314 g/mol. The fourth-order valence-corrected chi connectivity index (χ4v) is 2.47. The van der Waals surface area contributed by atoms with E-state index >= 15 is 0 Å². The largest absolute Gasteiger partial charge is 0.437 e. The maximum Gasteiger partial charge on any atom is 0.249 e. The van der Waals surface area contributed by atoms with E-state index in [4.69, 9.17) is 15.2 Å². The quantitative estimate of drug-likeness (QED) is 0.582. The predicted molar refractivity (Wildman–Crippen MR) is 97.0 cm³/mol. The van der Waals surface area contributed by atoms with Crippen LogP contribution in [0.5, 0.6) is 23.3 Å². The Morgan fingerprint density at radius 1 is 0.640 bits per heavy atom. The van der Waals surface area contributed by atoms with Crippen LogP contribution in [0.25, 0.3) is 10.8 Å². The summed E-state index contributed by atoms with van der Waals surface area (Å²) in [5, 5.41) is 2.21. The number of nitrogens with zero attached hydrogens (tertiary/aromatic N) is 2. The summed E-state index contributed by atoms with van der Waals surface area (Å²) in [6.45, 7) is 0. The molecule has 25 heavy (non-hydrogen) atoms. The molecule has 4 rings (SSSR count). The molecule has 5 nitrogen and oxygen atoms in total. The highest BCUT2D eigenvalue weighted by molar-refractivity contribution is 5.83. The molecule has 0 saturated heterocycles. The molecule has 0 aliphatic heterocycles. The number of anilines is 1. The van der Waals surface area contributed by atoms with E-state index in [1.165, 1.54) is 6.33 Å². The van der Waals surface area contributed by atoms with Crippen molar-refractivity contribution in [2.75, 3.05) is 5.73 Å². The number of nitrogen functional groups attached to an aromatic ring is 1. The summed E-state index contributed by atoms with van der Waals surface area (Å²) in [6.07, 6.45) is 1.37. The summed E-state index contributed by atoms with van der Waals surface area (Å²) in [6, 6.07) is 23.2. The van der Waals surface area contributed by atoms with Crippen LogP contribution in [-0.4, -0.2) is 9.97 Å². The number of aromatic nitrogens is 2. The third-order valence-corrected chi connectivity index (χ3v) is 3.70. The van der Waals surface area contributed by atoms with Gasteiger partial charge in [0.25, 0.3) is 0 Å². The molecular formula is C20H15N3O2. The van der Waals surface area contributed by atoms with Gasteiger partial charge in [0.1, 0.15) is 17.8 Å². The van der Waals surface area contributed by atoms with Gasteiger partial charge in [-0.15, -0.1) is 0 Å². The van der Waals surface area contributed by atoms with Crippen LogP contribution in [0.1, 0.15) is 0 Å². The second kappa shape index (κ2) is 6.49. The Hall–Kier alpha value is -3.60. The molecule has 4 aromatic rings. The number of nitrogens with two attached hydrogens (primary N) is 1. The summed E-state index contributed by atoms with van der Waals surface area (Å²) in [5.41, 5.74) is 6.37. The van der Waals surface area contributed by atoms with E-state index in [0.29, 0.717) is 11.5 Å². The van der Waals surface area contributed by atoms with Gasteiger partial charge >= 0.3 is 0 Å².